The van der Waals surface area contributed by atoms with Crippen LogP contribution in [0.4, 0.5) is 0 Å². The highest BCUT2D eigenvalue weighted by molar-refractivity contribution is 5.98. The van der Waals surface area contributed by atoms with E-state index in [1.807, 2.05) is 0 Å². The first-order chi connectivity index (χ1) is 13.2. The standard InChI is InChI=1S/C20H28N4O4/c1-13(2)5-7-22-8-6-14(3)17(19(22)27)20(28)23-9-10-24-15(11-23)18(26)21(4)12-16(24)25/h6,8,13,15H,5,7,9-12H2,1-4H3. The van der Waals surface area contributed by atoms with Crippen LogP contribution in [0.1, 0.15) is 36.2 Å². The Morgan fingerprint density at radius 1 is 1.21 bits per heavy atom. The van der Waals surface area contributed by atoms with Gasteiger partial charge in [0.05, 0.1) is 13.1 Å². The number of pyridine rings is 1. The summed E-state index contributed by atoms with van der Waals surface area (Å²) < 4.78 is 1.58. The minimum Gasteiger partial charge on any atom is -0.335 e. The molecule has 2 fully saturated rings. The van der Waals surface area contributed by atoms with Gasteiger partial charge in [0.2, 0.25) is 11.8 Å². The Bertz CT molecular complexity index is 860. The monoisotopic (exact) mass is 388 g/mol. The number of rotatable bonds is 4. The number of aromatic nitrogens is 1. The lowest BCUT2D eigenvalue weighted by atomic mass is 10.0. The van der Waals surface area contributed by atoms with E-state index in [0.717, 1.165) is 6.42 Å². The second-order valence-corrected chi connectivity index (χ2v) is 8.10. The number of carbonyl (C=O) groups is 3. The van der Waals surface area contributed by atoms with E-state index in [9.17, 15) is 19.2 Å². The maximum atomic E-state index is 13.2. The first-order valence-corrected chi connectivity index (χ1v) is 9.74. The van der Waals surface area contributed by atoms with Crippen LogP contribution in [-0.2, 0) is 16.1 Å². The summed E-state index contributed by atoms with van der Waals surface area (Å²) in [5, 5.41) is 0. The number of amides is 3. The average molecular weight is 388 g/mol. The maximum absolute atomic E-state index is 13.2. The number of piperazine rings is 2. The Morgan fingerprint density at radius 3 is 2.61 bits per heavy atom. The van der Waals surface area contributed by atoms with Crippen molar-refractivity contribution >= 4 is 17.7 Å². The summed E-state index contributed by atoms with van der Waals surface area (Å²) in [6.45, 7) is 7.30. The highest BCUT2D eigenvalue weighted by Gasteiger charge is 2.42. The van der Waals surface area contributed by atoms with Crippen LogP contribution in [0.25, 0.3) is 0 Å². The quantitative estimate of drug-likeness (QED) is 0.744. The number of hydrogen-bond donors (Lipinski definition) is 0. The zero-order valence-electron chi connectivity index (χ0n) is 17.0. The molecule has 2 aliphatic heterocycles. The van der Waals surface area contributed by atoms with E-state index < -0.39 is 6.04 Å². The van der Waals surface area contributed by atoms with Gasteiger partial charge in [-0.25, -0.2) is 0 Å². The van der Waals surface area contributed by atoms with Gasteiger partial charge in [0, 0.05) is 32.9 Å². The van der Waals surface area contributed by atoms with E-state index in [1.54, 1.807) is 35.7 Å². The van der Waals surface area contributed by atoms with Gasteiger partial charge in [-0.2, -0.15) is 0 Å². The molecule has 8 nitrogen and oxygen atoms in total. The number of likely N-dealkylation sites (N-methyl/N-ethyl adjacent to an activating group) is 1. The van der Waals surface area contributed by atoms with Crippen LogP contribution in [-0.4, -0.2) is 76.3 Å². The summed E-state index contributed by atoms with van der Waals surface area (Å²) in [6.07, 6.45) is 2.58. The summed E-state index contributed by atoms with van der Waals surface area (Å²) >= 11 is 0. The van der Waals surface area contributed by atoms with Crippen LogP contribution < -0.4 is 5.56 Å². The zero-order valence-corrected chi connectivity index (χ0v) is 17.0. The Hall–Kier alpha value is -2.64. The maximum Gasteiger partial charge on any atom is 0.263 e. The highest BCUT2D eigenvalue weighted by atomic mass is 16.2. The summed E-state index contributed by atoms with van der Waals surface area (Å²) in [5.41, 5.74) is 0.486. The van der Waals surface area contributed by atoms with Crippen molar-refractivity contribution in [2.75, 3.05) is 33.2 Å². The highest BCUT2D eigenvalue weighted by Crippen LogP contribution is 2.19. The summed E-state index contributed by atoms with van der Waals surface area (Å²) in [5.74, 6) is -0.191. The third-order valence-electron chi connectivity index (χ3n) is 5.56. The van der Waals surface area contributed by atoms with Crippen molar-refractivity contribution in [1.29, 1.82) is 0 Å². The Labute approximate surface area is 164 Å². The van der Waals surface area contributed by atoms with Crippen molar-refractivity contribution in [1.82, 2.24) is 19.3 Å². The number of aryl methyl sites for hydroxylation is 2. The molecule has 28 heavy (non-hydrogen) atoms. The summed E-state index contributed by atoms with van der Waals surface area (Å²) in [6, 6.07) is 1.12. The minimum atomic E-state index is -0.670. The molecule has 0 saturated carbocycles. The van der Waals surface area contributed by atoms with Crippen molar-refractivity contribution in [3.8, 4) is 0 Å². The molecular weight excluding hydrogens is 360 g/mol. The fourth-order valence-corrected chi connectivity index (χ4v) is 3.76. The van der Waals surface area contributed by atoms with Gasteiger partial charge in [-0.1, -0.05) is 13.8 Å². The van der Waals surface area contributed by atoms with Crippen molar-refractivity contribution < 1.29 is 14.4 Å². The lowest BCUT2D eigenvalue weighted by Gasteiger charge is -2.45. The van der Waals surface area contributed by atoms with E-state index in [2.05, 4.69) is 13.8 Å². The third kappa shape index (κ3) is 3.68. The molecule has 3 rings (SSSR count). The Morgan fingerprint density at radius 2 is 1.93 bits per heavy atom. The van der Waals surface area contributed by atoms with E-state index in [4.69, 9.17) is 0 Å². The van der Waals surface area contributed by atoms with Crippen molar-refractivity contribution in [3.63, 3.8) is 0 Å². The molecule has 1 aromatic rings. The fraction of sp³-hybridized carbons (Fsp3) is 0.600. The number of hydrogen-bond acceptors (Lipinski definition) is 4. The van der Waals surface area contributed by atoms with Gasteiger partial charge in [-0.05, 0) is 30.9 Å². The molecule has 3 heterocycles. The Balaban J connectivity index is 1.84. The second-order valence-electron chi connectivity index (χ2n) is 8.10. The molecule has 0 aromatic carbocycles. The lowest BCUT2D eigenvalue weighted by molar-refractivity contribution is -0.157. The van der Waals surface area contributed by atoms with Crippen LogP contribution in [0.3, 0.4) is 0 Å². The molecule has 0 aliphatic carbocycles. The largest absolute Gasteiger partial charge is 0.335 e. The van der Waals surface area contributed by atoms with Crippen LogP contribution in [0.2, 0.25) is 0 Å². The number of nitrogens with zero attached hydrogens (tertiary/aromatic N) is 4. The van der Waals surface area contributed by atoms with Crippen molar-refractivity contribution in [2.24, 2.45) is 5.92 Å². The van der Waals surface area contributed by atoms with Crippen LogP contribution in [0.5, 0.6) is 0 Å². The molecule has 0 spiro atoms. The molecule has 1 atom stereocenters. The van der Waals surface area contributed by atoms with Crippen LogP contribution >= 0.6 is 0 Å². The molecule has 152 valence electrons. The predicted octanol–water partition coefficient (Wildman–Crippen LogP) is 0.328. The van der Waals surface area contributed by atoms with Gasteiger partial charge in [0.25, 0.3) is 11.5 Å². The third-order valence-corrected chi connectivity index (χ3v) is 5.56. The lowest BCUT2D eigenvalue weighted by Crippen LogP contribution is -2.66. The van der Waals surface area contributed by atoms with Gasteiger partial charge >= 0.3 is 0 Å². The van der Waals surface area contributed by atoms with E-state index in [0.29, 0.717) is 31.1 Å². The van der Waals surface area contributed by atoms with Crippen LogP contribution in [0.15, 0.2) is 17.1 Å². The molecule has 8 heteroatoms. The minimum absolute atomic E-state index is 0.0711. The molecule has 0 bridgehead atoms. The van der Waals surface area contributed by atoms with Gasteiger partial charge in [-0.15, -0.1) is 0 Å². The van der Waals surface area contributed by atoms with Crippen molar-refractivity contribution in [3.05, 3.63) is 33.7 Å². The van der Waals surface area contributed by atoms with Crippen LogP contribution in [0, 0.1) is 12.8 Å². The second kappa shape index (κ2) is 7.77. The van der Waals surface area contributed by atoms with Gasteiger partial charge < -0.3 is 19.3 Å². The number of fused-ring (bicyclic) bond motifs is 1. The van der Waals surface area contributed by atoms with E-state index >= 15 is 0 Å². The summed E-state index contributed by atoms with van der Waals surface area (Å²) in [4.78, 5) is 55.2. The normalized spacial score (nSPS) is 20.0. The molecule has 0 N–H and O–H groups in total. The fourth-order valence-electron chi connectivity index (χ4n) is 3.76. The van der Waals surface area contributed by atoms with Crippen molar-refractivity contribution in [2.45, 2.75) is 39.8 Å². The smallest absolute Gasteiger partial charge is 0.263 e. The molecular formula is C20H28N4O4. The molecule has 3 amide bonds. The Kier molecular flexibility index (Phi) is 5.58. The zero-order chi connectivity index (χ0) is 20.6. The molecule has 1 aromatic heterocycles. The summed E-state index contributed by atoms with van der Waals surface area (Å²) in [7, 11) is 1.59. The SMILES string of the molecule is Cc1ccn(CCC(C)C)c(=O)c1C(=O)N1CCN2C(=O)CN(C)C(=O)C2C1. The van der Waals surface area contributed by atoms with Gasteiger partial charge in [0.15, 0.2) is 0 Å². The molecule has 1 unspecified atom stereocenters. The molecule has 0 radical (unpaired) electrons. The number of carbonyl (C=O) groups excluding carboxylic acids is 3. The topological polar surface area (TPSA) is 82.9 Å². The predicted molar refractivity (Wildman–Crippen MR) is 104 cm³/mol. The molecule has 2 saturated heterocycles. The molecule has 2 aliphatic rings. The first-order valence-electron chi connectivity index (χ1n) is 9.74. The first kappa shape index (κ1) is 20.1. The van der Waals surface area contributed by atoms with Gasteiger partial charge in [0.1, 0.15) is 11.6 Å². The van der Waals surface area contributed by atoms with E-state index in [-0.39, 0.29) is 41.9 Å². The van der Waals surface area contributed by atoms with E-state index in [1.165, 1.54) is 9.80 Å². The average Bonchev–Trinajstić information content (AvgIpc) is 2.65. The van der Waals surface area contributed by atoms with Gasteiger partial charge in [-0.3, -0.25) is 19.2 Å².